The molecule has 0 fully saturated rings. The largest absolute Gasteiger partial charge is 0.493 e. The summed E-state index contributed by atoms with van der Waals surface area (Å²) in [5.41, 5.74) is 2.88. The van der Waals surface area contributed by atoms with Crippen LogP contribution in [0.2, 0.25) is 0 Å². The molecule has 1 aromatic carbocycles. The van der Waals surface area contributed by atoms with Gasteiger partial charge >= 0.3 is 5.97 Å². The first-order valence-electron chi connectivity index (χ1n) is 10.3. The van der Waals surface area contributed by atoms with Gasteiger partial charge in [0.2, 0.25) is 0 Å². The van der Waals surface area contributed by atoms with E-state index in [2.05, 4.69) is 20.9 Å². The molecule has 1 aliphatic heterocycles. The van der Waals surface area contributed by atoms with Crippen LogP contribution in [0.5, 0.6) is 11.5 Å². The molecular weight excluding hydrogens is 450 g/mol. The van der Waals surface area contributed by atoms with Gasteiger partial charge in [0.1, 0.15) is 5.92 Å². The summed E-state index contributed by atoms with van der Waals surface area (Å²) in [6, 6.07) is 3.65. The van der Waals surface area contributed by atoms with Gasteiger partial charge in [-0.15, -0.1) is 0 Å². The Balaban J connectivity index is 2.14. The molecule has 0 saturated heterocycles. The maximum atomic E-state index is 13.1. The Bertz CT molecular complexity index is 905. The van der Waals surface area contributed by atoms with Crippen LogP contribution < -0.4 is 9.47 Å². The Hall–Kier alpha value is -2.15. The highest BCUT2D eigenvalue weighted by Crippen LogP contribution is 2.47. The van der Waals surface area contributed by atoms with Crippen LogP contribution in [0, 0.1) is 5.92 Å². The molecule has 6 nitrogen and oxygen atoms in total. The van der Waals surface area contributed by atoms with Crippen molar-refractivity contribution < 1.29 is 23.8 Å². The molecule has 0 aromatic heterocycles. The molecule has 1 aliphatic carbocycles. The standard InChI is InChI=1S/C23H28BrNO5/c1-5-6-10-30-23(27)20-13(2)25-16-8-7-9-17(26)22(16)21(20)14-11-18(28-3)19(29-4)12-15(14)24/h11-12,20-21H,5-10H2,1-4H3/t20?,21-/m0/s1. The molecule has 0 radical (unpaired) electrons. The molecular formula is C23H28BrNO5. The van der Waals surface area contributed by atoms with Gasteiger partial charge < -0.3 is 14.2 Å². The number of halogens is 1. The summed E-state index contributed by atoms with van der Waals surface area (Å²) in [6.07, 6.45) is 3.71. The molecule has 1 aromatic rings. The minimum atomic E-state index is -0.656. The molecule has 7 heteroatoms. The number of nitrogens with zero attached hydrogens (tertiary/aromatic N) is 1. The number of carbonyl (C=O) groups is 2. The fourth-order valence-electron chi connectivity index (χ4n) is 4.16. The summed E-state index contributed by atoms with van der Waals surface area (Å²) in [5, 5.41) is 0. The van der Waals surface area contributed by atoms with E-state index in [1.165, 1.54) is 0 Å². The molecule has 0 saturated carbocycles. The van der Waals surface area contributed by atoms with E-state index in [-0.39, 0.29) is 11.8 Å². The summed E-state index contributed by atoms with van der Waals surface area (Å²) < 4.78 is 17.2. The van der Waals surface area contributed by atoms with Gasteiger partial charge in [0.15, 0.2) is 17.3 Å². The lowest BCUT2D eigenvalue weighted by Gasteiger charge is -2.35. The van der Waals surface area contributed by atoms with Crippen LogP contribution in [0.15, 0.2) is 32.9 Å². The molecule has 30 heavy (non-hydrogen) atoms. The predicted molar refractivity (Wildman–Crippen MR) is 118 cm³/mol. The van der Waals surface area contributed by atoms with Crippen LogP contribution in [0.1, 0.15) is 57.4 Å². The zero-order valence-electron chi connectivity index (χ0n) is 17.9. The second-order valence-corrected chi connectivity index (χ2v) is 8.45. The zero-order chi connectivity index (χ0) is 21.8. The van der Waals surface area contributed by atoms with Crippen molar-refractivity contribution in [3.63, 3.8) is 0 Å². The highest BCUT2D eigenvalue weighted by atomic mass is 79.9. The Morgan fingerprint density at radius 1 is 1.20 bits per heavy atom. The van der Waals surface area contributed by atoms with E-state index < -0.39 is 11.8 Å². The van der Waals surface area contributed by atoms with Crippen molar-refractivity contribution in [1.29, 1.82) is 0 Å². The van der Waals surface area contributed by atoms with E-state index in [1.807, 2.05) is 26.0 Å². The smallest absolute Gasteiger partial charge is 0.315 e. The number of aliphatic imine (C=N–C) groups is 1. The minimum Gasteiger partial charge on any atom is -0.493 e. The number of methoxy groups -OCH3 is 2. The fourth-order valence-corrected chi connectivity index (χ4v) is 4.73. The third-order valence-electron chi connectivity index (χ3n) is 5.67. The maximum Gasteiger partial charge on any atom is 0.315 e. The van der Waals surface area contributed by atoms with Gasteiger partial charge in [-0.2, -0.15) is 0 Å². The summed E-state index contributed by atoms with van der Waals surface area (Å²) in [5.74, 6) is -0.322. The van der Waals surface area contributed by atoms with Gasteiger partial charge in [-0.3, -0.25) is 14.6 Å². The molecule has 0 spiro atoms. The van der Waals surface area contributed by atoms with Crippen molar-refractivity contribution in [2.24, 2.45) is 10.9 Å². The van der Waals surface area contributed by atoms with Crippen LogP contribution in [0.4, 0.5) is 0 Å². The normalized spacial score (nSPS) is 21.1. The topological polar surface area (TPSA) is 74.2 Å². The minimum absolute atomic E-state index is 0.0468. The van der Waals surface area contributed by atoms with Crippen molar-refractivity contribution in [3.05, 3.63) is 33.4 Å². The predicted octanol–water partition coefficient (Wildman–Crippen LogP) is 4.99. The summed E-state index contributed by atoms with van der Waals surface area (Å²) in [4.78, 5) is 30.8. The van der Waals surface area contributed by atoms with Crippen molar-refractivity contribution in [3.8, 4) is 11.5 Å². The monoisotopic (exact) mass is 477 g/mol. The SMILES string of the molecule is CCCCOC(=O)C1C(C)=NC2=C(C(=O)CCC2)[C@H]1c1cc(OC)c(OC)cc1Br. The molecule has 3 rings (SSSR count). The second kappa shape index (κ2) is 9.77. The number of hydrogen-bond acceptors (Lipinski definition) is 6. The van der Waals surface area contributed by atoms with E-state index in [4.69, 9.17) is 14.2 Å². The van der Waals surface area contributed by atoms with Crippen molar-refractivity contribution in [1.82, 2.24) is 0 Å². The number of hydrogen-bond donors (Lipinski definition) is 0. The summed E-state index contributed by atoms with van der Waals surface area (Å²) in [6.45, 7) is 4.25. The lowest BCUT2D eigenvalue weighted by atomic mass is 9.71. The van der Waals surface area contributed by atoms with Gasteiger partial charge in [0.25, 0.3) is 0 Å². The molecule has 1 unspecified atom stereocenters. The average Bonchev–Trinajstić information content (AvgIpc) is 2.72. The van der Waals surface area contributed by atoms with Gasteiger partial charge in [-0.05, 0) is 43.9 Å². The molecule has 0 N–H and O–H groups in total. The fraction of sp³-hybridized carbons (Fsp3) is 0.522. The van der Waals surface area contributed by atoms with Crippen LogP contribution in [0.3, 0.4) is 0 Å². The molecule has 1 heterocycles. The molecule has 0 bridgehead atoms. The van der Waals surface area contributed by atoms with E-state index in [9.17, 15) is 9.59 Å². The third kappa shape index (κ3) is 4.31. The van der Waals surface area contributed by atoms with E-state index in [0.717, 1.165) is 41.4 Å². The number of allylic oxidation sites excluding steroid dienone is 2. The van der Waals surface area contributed by atoms with Crippen LogP contribution in [-0.4, -0.2) is 38.3 Å². The van der Waals surface area contributed by atoms with Crippen molar-refractivity contribution >= 4 is 33.4 Å². The van der Waals surface area contributed by atoms with Crippen LogP contribution >= 0.6 is 15.9 Å². The van der Waals surface area contributed by atoms with E-state index >= 15 is 0 Å². The Morgan fingerprint density at radius 2 is 1.90 bits per heavy atom. The Kier molecular flexibility index (Phi) is 7.34. The summed E-state index contributed by atoms with van der Waals surface area (Å²) >= 11 is 3.62. The summed E-state index contributed by atoms with van der Waals surface area (Å²) in [7, 11) is 3.14. The number of esters is 1. The van der Waals surface area contributed by atoms with Gasteiger partial charge in [0.05, 0.1) is 20.8 Å². The molecule has 2 atom stereocenters. The lowest BCUT2D eigenvalue weighted by molar-refractivity contribution is -0.146. The quantitative estimate of drug-likeness (QED) is 0.408. The number of Topliss-reactive ketones (excluding diaryl/α,β-unsaturated/α-hetero) is 1. The first-order valence-corrected chi connectivity index (χ1v) is 11.1. The first kappa shape index (κ1) is 22.5. The number of rotatable bonds is 7. The average molecular weight is 478 g/mol. The van der Waals surface area contributed by atoms with Gasteiger partial charge in [0, 0.05) is 33.8 Å². The third-order valence-corrected chi connectivity index (χ3v) is 6.36. The van der Waals surface area contributed by atoms with Gasteiger partial charge in [-0.1, -0.05) is 29.3 Å². The molecule has 2 aliphatic rings. The highest BCUT2D eigenvalue weighted by molar-refractivity contribution is 9.10. The first-order chi connectivity index (χ1) is 14.4. The highest BCUT2D eigenvalue weighted by Gasteiger charge is 2.44. The lowest BCUT2D eigenvalue weighted by Crippen LogP contribution is -2.37. The molecule has 0 amide bonds. The van der Waals surface area contributed by atoms with Crippen molar-refractivity contribution in [2.45, 2.75) is 51.9 Å². The maximum absolute atomic E-state index is 13.1. The zero-order valence-corrected chi connectivity index (χ0v) is 19.5. The molecule has 162 valence electrons. The Labute approximate surface area is 185 Å². The van der Waals surface area contributed by atoms with E-state index in [1.54, 1.807) is 14.2 Å². The van der Waals surface area contributed by atoms with E-state index in [0.29, 0.717) is 35.8 Å². The Morgan fingerprint density at radius 3 is 2.57 bits per heavy atom. The number of unbranched alkanes of at least 4 members (excludes halogenated alkanes) is 1. The van der Waals surface area contributed by atoms with Crippen LogP contribution in [-0.2, 0) is 14.3 Å². The van der Waals surface area contributed by atoms with Crippen molar-refractivity contribution in [2.75, 3.05) is 20.8 Å². The second-order valence-electron chi connectivity index (χ2n) is 7.60. The number of ketones is 1. The number of benzene rings is 1. The number of carbonyl (C=O) groups excluding carboxylic acids is 2. The van der Waals surface area contributed by atoms with Crippen LogP contribution in [0.25, 0.3) is 0 Å². The van der Waals surface area contributed by atoms with Gasteiger partial charge in [-0.25, -0.2) is 0 Å². The number of ether oxygens (including phenoxy) is 3.